The van der Waals surface area contributed by atoms with Crippen LogP contribution in [0.1, 0.15) is 18.9 Å². The van der Waals surface area contributed by atoms with Crippen LogP contribution in [0.3, 0.4) is 0 Å². The molecule has 9 heteroatoms. The summed E-state index contributed by atoms with van der Waals surface area (Å²) in [5, 5.41) is 10.0. The highest BCUT2D eigenvalue weighted by Gasteiger charge is 2.70. The molecule has 5 atom stereocenters. The van der Waals surface area contributed by atoms with Crippen molar-refractivity contribution in [1.29, 1.82) is 0 Å². The molecule has 0 aliphatic carbocycles. The number of fused-ring (bicyclic) bond motifs is 5. The van der Waals surface area contributed by atoms with Crippen LogP contribution in [0.15, 0.2) is 18.2 Å². The van der Waals surface area contributed by atoms with Gasteiger partial charge in [0.25, 0.3) is 0 Å². The van der Waals surface area contributed by atoms with E-state index in [0.717, 1.165) is 17.0 Å². The molecule has 2 amide bonds. The number of amides is 2. The van der Waals surface area contributed by atoms with E-state index in [4.69, 9.17) is 11.3 Å². The molecule has 136 valence electrons. The highest BCUT2D eigenvalue weighted by atomic mass is 19.4. The highest BCUT2D eigenvalue weighted by molar-refractivity contribution is 6.23. The topological polar surface area (TPSA) is 71.2 Å². The third kappa shape index (κ3) is 2.06. The summed E-state index contributed by atoms with van der Waals surface area (Å²) < 4.78 is 45.2. The molecule has 3 saturated heterocycles. The minimum atomic E-state index is -4.79. The standard InChI is InChI=1S/C17H13F3N2O4/c1-16-6-10(23)13(26-16)11-12(16)15(25)22(14(11)24)7-3-4-9(21-2)8(5-7)17(18,19)20/h3-5,10-13,23H,6H2,1H3/t10-,11+,12+,13?,16?/m0/s1. The molecule has 3 aliphatic rings. The summed E-state index contributed by atoms with van der Waals surface area (Å²) in [7, 11) is 0. The molecule has 0 aromatic heterocycles. The lowest BCUT2D eigenvalue weighted by atomic mass is 9.73. The van der Waals surface area contributed by atoms with Gasteiger partial charge in [-0.25, -0.2) is 9.74 Å². The Balaban J connectivity index is 1.78. The van der Waals surface area contributed by atoms with Gasteiger partial charge in [0, 0.05) is 12.1 Å². The molecule has 1 aromatic rings. The van der Waals surface area contributed by atoms with Crippen LogP contribution < -0.4 is 4.90 Å². The fourth-order valence-corrected chi connectivity index (χ4v) is 4.39. The number of benzene rings is 1. The lowest BCUT2D eigenvalue weighted by Gasteiger charge is -2.27. The summed E-state index contributed by atoms with van der Waals surface area (Å²) in [5.41, 5.74) is -3.05. The maximum Gasteiger partial charge on any atom is 0.407 e. The van der Waals surface area contributed by atoms with Gasteiger partial charge >= 0.3 is 6.18 Å². The fraction of sp³-hybridized carbons (Fsp3) is 0.471. The predicted molar refractivity (Wildman–Crippen MR) is 81.1 cm³/mol. The summed E-state index contributed by atoms with van der Waals surface area (Å²) in [6.07, 6.45) is -6.33. The van der Waals surface area contributed by atoms with Crippen molar-refractivity contribution in [2.75, 3.05) is 4.90 Å². The number of halogens is 3. The molecule has 3 heterocycles. The van der Waals surface area contributed by atoms with Crippen LogP contribution in [0.25, 0.3) is 4.85 Å². The van der Waals surface area contributed by atoms with Crippen LogP contribution in [0.4, 0.5) is 24.5 Å². The van der Waals surface area contributed by atoms with Gasteiger partial charge in [0.1, 0.15) is 0 Å². The number of rotatable bonds is 1. The Kier molecular flexibility index (Phi) is 3.30. The van der Waals surface area contributed by atoms with Gasteiger partial charge < -0.3 is 9.84 Å². The third-order valence-electron chi connectivity index (χ3n) is 5.43. The van der Waals surface area contributed by atoms with Crippen molar-refractivity contribution in [3.63, 3.8) is 0 Å². The van der Waals surface area contributed by atoms with E-state index in [1.165, 1.54) is 0 Å². The number of imide groups is 1. The second-order valence-corrected chi connectivity index (χ2v) is 6.99. The molecule has 26 heavy (non-hydrogen) atoms. The monoisotopic (exact) mass is 366 g/mol. The molecule has 3 aliphatic heterocycles. The highest BCUT2D eigenvalue weighted by Crippen LogP contribution is 2.55. The first kappa shape index (κ1) is 17.0. The molecular weight excluding hydrogens is 353 g/mol. The third-order valence-corrected chi connectivity index (χ3v) is 5.43. The zero-order valence-corrected chi connectivity index (χ0v) is 13.4. The van der Waals surface area contributed by atoms with Crippen molar-refractivity contribution in [1.82, 2.24) is 0 Å². The van der Waals surface area contributed by atoms with E-state index >= 15 is 0 Å². The maximum absolute atomic E-state index is 13.2. The number of aliphatic hydroxyl groups is 1. The van der Waals surface area contributed by atoms with E-state index in [1.807, 2.05) is 0 Å². The van der Waals surface area contributed by atoms with Crippen LogP contribution in [-0.4, -0.2) is 34.7 Å². The SMILES string of the molecule is [C-]#[N+]c1ccc(N2C(=O)[C@H]3C4OC(C)(C[C@@H]4O)[C@H]3C2=O)cc1C(F)(F)F. The van der Waals surface area contributed by atoms with Gasteiger partial charge in [0.2, 0.25) is 11.8 Å². The Morgan fingerprint density at radius 3 is 2.65 bits per heavy atom. The summed E-state index contributed by atoms with van der Waals surface area (Å²) in [5.74, 6) is -3.07. The normalized spacial score (nSPS) is 35.8. The van der Waals surface area contributed by atoms with Gasteiger partial charge in [-0.3, -0.25) is 9.59 Å². The number of aliphatic hydroxyl groups excluding tert-OH is 1. The molecule has 1 N–H and O–H groups in total. The molecule has 2 unspecified atom stereocenters. The minimum absolute atomic E-state index is 0.191. The lowest BCUT2D eigenvalue weighted by Crippen LogP contribution is -2.42. The van der Waals surface area contributed by atoms with Crippen molar-refractivity contribution in [2.45, 2.75) is 37.3 Å². The number of anilines is 1. The number of carbonyl (C=O) groups is 2. The van der Waals surface area contributed by atoms with Crippen molar-refractivity contribution in [3.8, 4) is 0 Å². The predicted octanol–water partition coefficient (Wildman–Crippen LogP) is 2.28. The number of hydrogen-bond acceptors (Lipinski definition) is 4. The van der Waals surface area contributed by atoms with Gasteiger partial charge in [-0.15, -0.1) is 0 Å². The quantitative estimate of drug-likeness (QED) is 0.612. The van der Waals surface area contributed by atoms with E-state index in [0.29, 0.717) is 6.07 Å². The molecule has 0 saturated carbocycles. The van der Waals surface area contributed by atoms with E-state index in [-0.39, 0.29) is 12.1 Å². The Morgan fingerprint density at radius 1 is 1.35 bits per heavy atom. The molecule has 0 spiro atoms. The summed E-state index contributed by atoms with van der Waals surface area (Å²) in [4.78, 5) is 29.1. The van der Waals surface area contributed by atoms with Crippen molar-refractivity contribution in [2.24, 2.45) is 11.8 Å². The Hall–Kier alpha value is -2.44. The van der Waals surface area contributed by atoms with Crippen molar-refractivity contribution >= 4 is 23.2 Å². The average Bonchev–Trinajstić information content (AvgIpc) is 3.12. The summed E-state index contributed by atoms with van der Waals surface area (Å²) in [6, 6.07) is 2.74. The number of nitrogens with zero attached hydrogens (tertiary/aromatic N) is 2. The molecule has 3 fully saturated rings. The Morgan fingerprint density at radius 2 is 2.04 bits per heavy atom. The first-order valence-corrected chi connectivity index (χ1v) is 7.91. The molecule has 0 radical (unpaired) electrons. The largest absolute Gasteiger partial charge is 0.407 e. The van der Waals surface area contributed by atoms with Crippen LogP contribution in [0, 0.1) is 18.4 Å². The lowest BCUT2D eigenvalue weighted by molar-refractivity contribution is -0.137. The van der Waals surface area contributed by atoms with E-state index < -0.39 is 58.9 Å². The van der Waals surface area contributed by atoms with Gasteiger partial charge in [-0.1, -0.05) is 6.07 Å². The van der Waals surface area contributed by atoms with Crippen LogP contribution in [-0.2, 0) is 20.5 Å². The summed E-state index contributed by atoms with van der Waals surface area (Å²) in [6.45, 7) is 8.49. The second-order valence-electron chi connectivity index (χ2n) is 6.99. The zero-order valence-electron chi connectivity index (χ0n) is 13.4. The van der Waals surface area contributed by atoms with Gasteiger partial charge in [0.05, 0.1) is 41.8 Å². The van der Waals surface area contributed by atoms with E-state index in [2.05, 4.69) is 4.85 Å². The first-order valence-electron chi connectivity index (χ1n) is 7.91. The van der Waals surface area contributed by atoms with Crippen molar-refractivity contribution < 1.29 is 32.6 Å². The van der Waals surface area contributed by atoms with Gasteiger partial charge in [-0.05, 0) is 19.1 Å². The number of hydrogen-bond donors (Lipinski definition) is 1. The van der Waals surface area contributed by atoms with Gasteiger partial charge in [0.15, 0.2) is 5.69 Å². The van der Waals surface area contributed by atoms with Crippen molar-refractivity contribution in [3.05, 3.63) is 35.2 Å². The molecule has 2 bridgehead atoms. The van der Waals surface area contributed by atoms with Crippen LogP contribution in [0.5, 0.6) is 0 Å². The molecule has 4 rings (SSSR count). The second kappa shape index (κ2) is 5.05. The number of alkyl halides is 3. The summed E-state index contributed by atoms with van der Waals surface area (Å²) >= 11 is 0. The smallest absolute Gasteiger partial charge is 0.390 e. The minimum Gasteiger partial charge on any atom is -0.390 e. The average molecular weight is 366 g/mol. The van der Waals surface area contributed by atoms with E-state index in [9.17, 15) is 27.9 Å². The van der Waals surface area contributed by atoms with E-state index in [1.54, 1.807) is 6.92 Å². The fourth-order valence-electron chi connectivity index (χ4n) is 4.39. The molecule has 1 aromatic carbocycles. The molecular formula is C17H13F3N2O4. The van der Waals surface area contributed by atoms with Crippen LogP contribution >= 0.6 is 0 Å². The zero-order chi connectivity index (χ0) is 19.0. The number of ether oxygens (including phenoxy) is 1. The Labute approximate surface area is 146 Å². The van der Waals surface area contributed by atoms with Gasteiger partial charge in [-0.2, -0.15) is 13.2 Å². The number of carbonyl (C=O) groups excluding carboxylic acids is 2. The molecule has 6 nitrogen and oxygen atoms in total. The maximum atomic E-state index is 13.2. The van der Waals surface area contributed by atoms with Crippen LogP contribution in [0.2, 0.25) is 0 Å². The Bertz CT molecular complexity index is 878. The first-order chi connectivity index (χ1) is 12.1.